The van der Waals surface area contributed by atoms with E-state index in [1.165, 1.54) is 0 Å². The summed E-state index contributed by atoms with van der Waals surface area (Å²) in [6, 6.07) is 29.6. The fourth-order valence-corrected chi connectivity index (χ4v) is 5.34. The second-order valence-electron chi connectivity index (χ2n) is 9.72. The monoisotopic (exact) mass is 517 g/mol. The third-order valence-electron chi connectivity index (χ3n) is 7.22. The van der Waals surface area contributed by atoms with Gasteiger partial charge >= 0.3 is 6.03 Å². The molecule has 1 atom stereocenters. The number of benzene rings is 3. The molecule has 5 aromatic rings. The lowest BCUT2D eigenvalue weighted by Gasteiger charge is -2.31. The summed E-state index contributed by atoms with van der Waals surface area (Å²) in [5, 5.41) is 8.11. The summed E-state index contributed by atoms with van der Waals surface area (Å²) in [5.74, 6) is 1.72. The largest absolute Gasteiger partial charge is 0.494 e. The molecule has 196 valence electrons. The second-order valence-corrected chi connectivity index (χ2v) is 9.72. The van der Waals surface area contributed by atoms with Crippen molar-refractivity contribution in [3.8, 4) is 17.3 Å². The smallest absolute Gasteiger partial charge is 0.322 e. The molecule has 0 aliphatic carbocycles. The Kier molecular flexibility index (Phi) is 6.40. The summed E-state index contributed by atoms with van der Waals surface area (Å²) in [6.07, 6.45) is 2.05. The van der Waals surface area contributed by atoms with E-state index >= 15 is 0 Å². The summed E-state index contributed by atoms with van der Waals surface area (Å²) >= 11 is 0. The van der Waals surface area contributed by atoms with Crippen LogP contribution in [0.25, 0.3) is 11.5 Å². The minimum Gasteiger partial charge on any atom is -0.494 e. The van der Waals surface area contributed by atoms with Gasteiger partial charge in [-0.15, -0.1) is 0 Å². The predicted molar refractivity (Wildman–Crippen MR) is 153 cm³/mol. The molecule has 0 saturated carbocycles. The molecule has 3 aromatic carbocycles. The van der Waals surface area contributed by atoms with Crippen LogP contribution in [0, 0.1) is 13.8 Å². The maximum atomic E-state index is 14.1. The first kappa shape index (κ1) is 24.6. The average molecular weight is 518 g/mol. The first-order valence-electron chi connectivity index (χ1n) is 13.2. The number of aromatic nitrogens is 3. The van der Waals surface area contributed by atoms with Crippen molar-refractivity contribution < 1.29 is 9.53 Å². The highest BCUT2D eigenvalue weighted by Crippen LogP contribution is 2.39. The molecule has 3 heterocycles. The molecule has 7 nitrogen and oxygen atoms in total. The summed E-state index contributed by atoms with van der Waals surface area (Å²) < 4.78 is 9.99. The molecule has 6 rings (SSSR count). The number of urea groups is 1. The molecular weight excluding hydrogens is 486 g/mol. The summed E-state index contributed by atoms with van der Waals surface area (Å²) in [6.45, 7) is 6.93. The first-order valence-corrected chi connectivity index (χ1v) is 13.2. The van der Waals surface area contributed by atoms with Gasteiger partial charge in [-0.25, -0.2) is 9.48 Å². The number of ether oxygens (including phenoxy) is 1. The Morgan fingerprint density at radius 2 is 1.77 bits per heavy atom. The molecule has 2 aromatic heterocycles. The zero-order valence-corrected chi connectivity index (χ0v) is 22.3. The summed E-state index contributed by atoms with van der Waals surface area (Å²) in [5.41, 5.74) is 6.59. The van der Waals surface area contributed by atoms with E-state index in [0.717, 1.165) is 51.0 Å². The minimum atomic E-state index is -0.361. The van der Waals surface area contributed by atoms with Gasteiger partial charge in [0.25, 0.3) is 0 Å². The van der Waals surface area contributed by atoms with E-state index in [1.54, 1.807) is 0 Å². The Bertz CT molecular complexity index is 1640. The molecule has 7 heteroatoms. The number of hydrogen-bond acceptors (Lipinski definition) is 3. The van der Waals surface area contributed by atoms with Crippen molar-refractivity contribution >= 4 is 11.7 Å². The third-order valence-corrected chi connectivity index (χ3v) is 7.22. The van der Waals surface area contributed by atoms with Crippen LogP contribution in [-0.2, 0) is 6.54 Å². The van der Waals surface area contributed by atoms with E-state index in [2.05, 4.69) is 28.2 Å². The zero-order valence-electron chi connectivity index (χ0n) is 22.3. The number of hydrogen-bond donors (Lipinski definition) is 1. The van der Waals surface area contributed by atoms with Gasteiger partial charge in [0.05, 0.1) is 36.3 Å². The molecule has 0 radical (unpaired) electrons. The van der Waals surface area contributed by atoms with Gasteiger partial charge in [-0.2, -0.15) is 5.10 Å². The van der Waals surface area contributed by atoms with Crippen molar-refractivity contribution in [2.45, 2.75) is 33.4 Å². The summed E-state index contributed by atoms with van der Waals surface area (Å²) in [7, 11) is 0. The lowest BCUT2D eigenvalue weighted by molar-refractivity contribution is 0.194. The fraction of sp³-hybridized carbons (Fsp3) is 0.188. The van der Waals surface area contributed by atoms with E-state index in [-0.39, 0.29) is 12.1 Å². The Labute approximate surface area is 228 Å². The Balaban J connectivity index is 1.54. The Morgan fingerprint density at radius 3 is 2.56 bits per heavy atom. The number of carbonyl (C=O) groups is 1. The lowest BCUT2D eigenvalue weighted by Crippen LogP contribution is -2.38. The topological polar surface area (TPSA) is 64.3 Å². The maximum Gasteiger partial charge on any atom is 0.322 e. The highest BCUT2D eigenvalue weighted by atomic mass is 16.5. The van der Waals surface area contributed by atoms with Crippen LogP contribution in [-0.4, -0.2) is 31.9 Å². The van der Waals surface area contributed by atoms with E-state index in [0.29, 0.717) is 13.2 Å². The highest BCUT2D eigenvalue weighted by molar-refractivity contribution is 5.91. The van der Waals surface area contributed by atoms with Gasteiger partial charge in [-0.3, -0.25) is 0 Å². The number of nitrogens with one attached hydrogen (secondary N) is 1. The van der Waals surface area contributed by atoms with Crippen molar-refractivity contribution in [2.24, 2.45) is 0 Å². The van der Waals surface area contributed by atoms with E-state index < -0.39 is 0 Å². The number of fused-ring (bicyclic) bond motifs is 3. The van der Waals surface area contributed by atoms with Crippen LogP contribution >= 0.6 is 0 Å². The summed E-state index contributed by atoms with van der Waals surface area (Å²) in [4.78, 5) is 16.0. The third kappa shape index (κ3) is 4.46. The number of anilines is 1. The number of amides is 2. The molecule has 0 spiro atoms. The van der Waals surface area contributed by atoms with Gasteiger partial charge in [0, 0.05) is 17.4 Å². The number of nitrogens with zero attached hydrogens (tertiary/aromatic N) is 4. The van der Waals surface area contributed by atoms with Gasteiger partial charge in [0.2, 0.25) is 0 Å². The molecule has 1 aliphatic heterocycles. The molecule has 1 aliphatic rings. The predicted octanol–water partition coefficient (Wildman–Crippen LogP) is 6.82. The number of para-hydroxylation sites is 2. The first-order chi connectivity index (χ1) is 19.0. The molecule has 0 bridgehead atoms. The number of carbonyl (C=O) groups excluding carboxylic acids is 1. The Morgan fingerprint density at radius 1 is 0.974 bits per heavy atom. The van der Waals surface area contributed by atoms with Gasteiger partial charge in [-0.05, 0) is 74.4 Å². The molecule has 0 fully saturated rings. The van der Waals surface area contributed by atoms with Crippen LogP contribution < -0.4 is 10.1 Å². The van der Waals surface area contributed by atoms with Gasteiger partial charge in [-0.1, -0.05) is 48.5 Å². The van der Waals surface area contributed by atoms with Crippen LogP contribution in [0.15, 0.2) is 97.2 Å². The van der Waals surface area contributed by atoms with Crippen molar-refractivity contribution in [1.29, 1.82) is 0 Å². The van der Waals surface area contributed by atoms with Crippen LogP contribution in [0.1, 0.15) is 41.0 Å². The standard InChI is InChI=1S/C32H31N5O2/c1-4-39-26-16-10-13-24(20-26)30-29-18-11-19-35(29)31-27(23(3)34-37(31)25-14-6-5-7-15-25)21-36(30)32(38)33-28-17-9-8-12-22(28)2/h5-20,30H,4,21H2,1-3H3,(H,33,38)/t30-/m0/s1. The zero-order chi connectivity index (χ0) is 26.9. The number of aryl methyl sites for hydroxylation is 2. The minimum absolute atomic E-state index is 0.177. The van der Waals surface area contributed by atoms with Crippen molar-refractivity contribution in [2.75, 3.05) is 11.9 Å². The van der Waals surface area contributed by atoms with E-state index in [4.69, 9.17) is 9.84 Å². The average Bonchev–Trinajstić information content (AvgIpc) is 3.51. The quantitative estimate of drug-likeness (QED) is 0.278. The van der Waals surface area contributed by atoms with Crippen molar-refractivity contribution in [1.82, 2.24) is 19.2 Å². The molecule has 0 unspecified atom stereocenters. The molecule has 1 N–H and O–H groups in total. The van der Waals surface area contributed by atoms with Crippen molar-refractivity contribution in [3.63, 3.8) is 0 Å². The van der Waals surface area contributed by atoms with Gasteiger partial charge < -0.3 is 19.5 Å². The van der Waals surface area contributed by atoms with E-state index in [1.807, 2.05) is 109 Å². The Hall–Kier alpha value is -4.78. The number of rotatable bonds is 5. The van der Waals surface area contributed by atoms with Crippen molar-refractivity contribution in [3.05, 3.63) is 125 Å². The normalized spacial score (nSPS) is 14.3. The van der Waals surface area contributed by atoms with Gasteiger partial charge in [0.1, 0.15) is 11.6 Å². The molecule has 39 heavy (non-hydrogen) atoms. The fourth-order valence-electron chi connectivity index (χ4n) is 5.34. The lowest BCUT2D eigenvalue weighted by atomic mass is 10.0. The molecule has 2 amide bonds. The van der Waals surface area contributed by atoms with Gasteiger partial charge in [0.15, 0.2) is 0 Å². The van der Waals surface area contributed by atoms with Crippen LogP contribution in [0.4, 0.5) is 10.5 Å². The maximum absolute atomic E-state index is 14.1. The second kappa shape index (κ2) is 10.2. The molecular formula is C32H31N5O2. The van der Waals surface area contributed by atoms with Crippen LogP contribution in [0.2, 0.25) is 0 Å². The molecule has 0 saturated heterocycles. The highest BCUT2D eigenvalue weighted by Gasteiger charge is 2.36. The van der Waals surface area contributed by atoms with Crippen LogP contribution in [0.5, 0.6) is 5.75 Å². The van der Waals surface area contributed by atoms with E-state index in [9.17, 15) is 4.79 Å². The SMILES string of the molecule is CCOc1cccc([C@H]2c3cccn3-c3c(c(C)nn3-c3ccccc3)CN2C(=O)Nc2ccccc2C)c1. The van der Waals surface area contributed by atoms with Crippen LogP contribution in [0.3, 0.4) is 0 Å².